The van der Waals surface area contributed by atoms with Gasteiger partial charge in [-0.05, 0) is 24.3 Å². The Hall–Kier alpha value is -3.22. The number of nitrogens with zero attached hydrogens (tertiary/aromatic N) is 4. The normalized spacial score (nSPS) is 11.1. The lowest BCUT2D eigenvalue weighted by Gasteiger charge is -1.98. The fourth-order valence-electron chi connectivity index (χ4n) is 2.04. The second kappa shape index (κ2) is 5.65. The Morgan fingerprint density at radius 3 is 2.77 bits per heavy atom. The summed E-state index contributed by atoms with van der Waals surface area (Å²) in [4.78, 5) is 10.5. The van der Waals surface area contributed by atoms with E-state index in [2.05, 4.69) is 10.3 Å². The second-order valence-corrected chi connectivity index (χ2v) is 4.62. The quantitative estimate of drug-likeness (QED) is 0.544. The van der Waals surface area contributed by atoms with Crippen molar-refractivity contribution in [2.45, 2.75) is 6.92 Å². The van der Waals surface area contributed by atoms with Crippen molar-refractivity contribution in [3.05, 3.63) is 69.9 Å². The van der Waals surface area contributed by atoms with Crippen molar-refractivity contribution in [1.82, 2.24) is 14.9 Å². The minimum Gasteiger partial charge on any atom is -0.354 e. The smallest absolute Gasteiger partial charge is 0.338 e. The van der Waals surface area contributed by atoms with E-state index in [1.807, 2.05) is 36.5 Å². The standard InChI is InChI=1S/C15H12N4O3/c1-11-15(19(20)21)14(17-22-11)8-7-12-9-16-18(10-12)13-5-3-2-4-6-13/h2-10H,1H3/b8-7+. The molecule has 2 aromatic heterocycles. The summed E-state index contributed by atoms with van der Waals surface area (Å²) >= 11 is 0. The summed E-state index contributed by atoms with van der Waals surface area (Å²) in [6, 6.07) is 9.65. The molecule has 0 bridgehead atoms. The Kier molecular flexibility index (Phi) is 3.53. The van der Waals surface area contributed by atoms with Crippen LogP contribution in [0.1, 0.15) is 17.0 Å². The summed E-state index contributed by atoms with van der Waals surface area (Å²) in [5.74, 6) is 0.185. The summed E-state index contributed by atoms with van der Waals surface area (Å²) in [5, 5.41) is 18.9. The molecular formula is C15H12N4O3. The van der Waals surface area contributed by atoms with Crippen LogP contribution in [-0.2, 0) is 0 Å². The van der Waals surface area contributed by atoms with E-state index in [4.69, 9.17) is 4.52 Å². The summed E-state index contributed by atoms with van der Waals surface area (Å²) in [5.41, 5.74) is 1.81. The van der Waals surface area contributed by atoms with E-state index < -0.39 is 4.92 Å². The molecule has 1 aromatic carbocycles. The highest BCUT2D eigenvalue weighted by Gasteiger charge is 2.21. The molecule has 0 atom stereocenters. The van der Waals surface area contributed by atoms with Crippen molar-refractivity contribution in [1.29, 1.82) is 0 Å². The van der Waals surface area contributed by atoms with E-state index in [-0.39, 0.29) is 17.1 Å². The second-order valence-electron chi connectivity index (χ2n) is 4.62. The first-order valence-corrected chi connectivity index (χ1v) is 6.54. The summed E-state index contributed by atoms with van der Waals surface area (Å²) in [6.45, 7) is 1.51. The fraction of sp³-hybridized carbons (Fsp3) is 0.0667. The van der Waals surface area contributed by atoms with Crippen molar-refractivity contribution < 1.29 is 9.45 Å². The van der Waals surface area contributed by atoms with E-state index in [0.29, 0.717) is 0 Å². The highest BCUT2D eigenvalue weighted by molar-refractivity contribution is 5.72. The molecule has 0 N–H and O–H groups in total. The summed E-state index contributed by atoms with van der Waals surface area (Å²) < 4.78 is 6.58. The molecule has 0 radical (unpaired) electrons. The summed E-state index contributed by atoms with van der Waals surface area (Å²) in [7, 11) is 0. The van der Waals surface area contributed by atoms with Crippen LogP contribution in [0.4, 0.5) is 5.69 Å². The largest absolute Gasteiger partial charge is 0.354 e. The average Bonchev–Trinajstić information content (AvgIpc) is 3.12. The molecule has 7 heteroatoms. The minimum atomic E-state index is -0.501. The van der Waals surface area contributed by atoms with Crippen LogP contribution in [-0.4, -0.2) is 19.9 Å². The van der Waals surface area contributed by atoms with Gasteiger partial charge in [0.25, 0.3) is 0 Å². The van der Waals surface area contributed by atoms with Crippen LogP contribution in [0.15, 0.2) is 47.2 Å². The molecule has 0 unspecified atom stereocenters. The lowest BCUT2D eigenvalue weighted by atomic mass is 10.2. The first kappa shape index (κ1) is 13.7. The summed E-state index contributed by atoms with van der Waals surface area (Å²) in [6.07, 6.45) is 6.74. The molecule has 110 valence electrons. The maximum Gasteiger partial charge on any atom is 0.338 e. The van der Waals surface area contributed by atoms with Gasteiger partial charge in [0, 0.05) is 18.7 Å². The third-order valence-corrected chi connectivity index (χ3v) is 3.10. The third kappa shape index (κ3) is 2.64. The Balaban J connectivity index is 1.85. The lowest BCUT2D eigenvalue weighted by Crippen LogP contribution is -1.92. The predicted octanol–water partition coefficient (Wildman–Crippen LogP) is 3.25. The number of rotatable bonds is 4. The molecule has 7 nitrogen and oxygen atoms in total. The van der Waals surface area contributed by atoms with Gasteiger partial charge in [0.05, 0.1) is 16.8 Å². The van der Waals surface area contributed by atoms with Crippen LogP contribution in [0.2, 0.25) is 0 Å². The third-order valence-electron chi connectivity index (χ3n) is 3.10. The van der Waals surface area contributed by atoms with Crippen LogP contribution >= 0.6 is 0 Å². The van der Waals surface area contributed by atoms with Crippen LogP contribution < -0.4 is 0 Å². The molecular weight excluding hydrogens is 284 g/mol. The van der Waals surface area contributed by atoms with Gasteiger partial charge in [0.15, 0.2) is 5.69 Å². The zero-order valence-corrected chi connectivity index (χ0v) is 11.7. The first-order chi connectivity index (χ1) is 10.6. The van der Waals surface area contributed by atoms with Crippen LogP contribution in [0, 0.1) is 17.0 Å². The molecule has 3 rings (SSSR count). The lowest BCUT2D eigenvalue weighted by molar-refractivity contribution is -0.386. The number of para-hydroxylation sites is 1. The van der Waals surface area contributed by atoms with Crippen molar-refractivity contribution in [3.8, 4) is 5.69 Å². The zero-order valence-electron chi connectivity index (χ0n) is 11.7. The molecule has 0 spiro atoms. The van der Waals surface area contributed by atoms with E-state index in [0.717, 1.165) is 11.3 Å². The molecule has 2 heterocycles. The Morgan fingerprint density at radius 1 is 1.27 bits per heavy atom. The van der Waals surface area contributed by atoms with E-state index in [1.165, 1.54) is 6.92 Å². The maximum absolute atomic E-state index is 11.0. The SMILES string of the molecule is Cc1onc(/C=C/c2cnn(-c3ccccc3)c2)c1[N+](=O)[O-]. The van der Waals surface area contributed by atoms with Gasteiger partial charge in [-0.15, -0.1) is 0 Å². The number of nitro groups is 1. The van der Waals surface area contributed by atoms with E-state index in [1.54, 1.807) is 23.0 Å². The van der Waals surface area contributed by atoms with Crippen LogP contribution in [0.25, 0.3) is 17.8 Å². The van der Waals surface area contributed by atoms with Gasteiger partial charge in [-0.25, -0.2) is 4.68 Å². The molecule has 0 saturated heterocycles. The molecule has 3 aromatic rings. The fourth-order valence-corrected chi connectivity index (χ4v) is 2.04. The van der Waals surface area contributed by atoms with Crippen LogP contribution in [0.3, 0.4) is 0 Å². The zero-order chi connectivity index (χ0) is 15.5. The number of aryl methyl sites for hydroxylation is 1. The number of aromatic nitrogens is 3. The van der Waals surface area contributed by atoms with Gasteiger partial charge in [-0.1, -0.05) is 23.4 Å². The highest BCUT2D eigenvalue weighted by Crippen LogP contribution is 2.24. The number of hydrogen-bond donors (Lipinski definition) is 0. The van der Waals surface area contributed by atoms with E-state index in [9.17, 15) is 10.1 Å². The Bertz CT molecular complexity index is 834. The molecule has 22 heavy (non-hydrogen) atoms. The Morgan fingerprint density at radius 2 is 2.05 bits per heavy atom. The van der Waals surface area contributed by atoms with Crippen molar-refractivity contribution in [2.75, 3.05) is 0 Å². The van der Waals surface area contributed by atoms with Gasteiger partial charge in [-0.2, -0.15) is 5.10 Å². The molecule has 0 saturated carbocycles. The molecule has 0 aliphatic heterocycles. The van der Waals surface area contributed by atoms with Gasteiger partial charge < -0.3 is 4.52 Å². The Labute approximate surface area is 125 Å². The average molecular weight is 296 g/mol. The molecule has 0 aliphatic carbocycles. The van der Waals surface area contributed by atoms with Gasteiger partial charge >= 0.3 is 5.69 Å². The topological polar surface area (TPSA) is 87.0 Å². The molecule has 0 amide bonds. The number of benzene rings is 1. The maximum atomic E-state index is 11.0. The molecule has 0 aliphatic rings. The predicted molar refractivity (Wildman–Crippen MR) is 80.4 cm³/mol. The molecule has 0 fully saturated rings. The van der Waals surface area contributed by atoms with Gasteiger partial charge in [0.2, 0.25) is 5.76 Å². The first-order valence-electron chi connectivity index (χ1n) is 6.54. The highest BCUT2D eigenvalue weighted by atomic mass is 16.6. The van der Waals surface area contributed by atoms with Crippen LogP contribution in [0.5, 0.6) is 0 Å². The van der Waals surface area contributed by atoms with Gasteiger partial charge in [0.1, 0.15) is 0 Å². The van der Waals surface area contributed by atoms with Crippen molar-refractivity contribution in [3.63, 3.8) is 0 Å². The van der Waals surface area contributed by atoms with Gasteiger partial charge in [-0.3, -0.25) is 10.1 Å². The van der Waals surface area contributed by atoms with Crippen molar-refractivity contribution in [2.24, 2.45) is 0 Å². The number of hydrogen-bond acceptors (Lipinski definition) is 5. The monoisotopic (exact) mass is 296 g/mol. The van der Waals surface area contributed by atoms with E-state index >= 15 is 0 Å². The minimum absolute atomic E-state index is 0.119. The van der Waals surface area contributed by atoms with Crippen molar-refractivity contribution >= 4 is 17.8 Å².